The van der Waals surface area contributed by atoms with E-state index in [-0.39, 0.29) is 17.8 Å². The molecule has 4 heterocycles. The lowest BCUT2D eigenvalue weighted by molar-refractivity contribution is 0.122. The predicted octanol–water partition coefficient (Wildman–Crippen LogP) is 5.86. The first-order valence-corrected chi connectivity index (χ1v) is 13.8. The second kappa shape index (κ2) is 10.5. The Balaban J connectivity index is 1.44. The molecule has 0 unspecified atom stereocenters. The molecular formula is C30H30ClN5O2S. The molecule has 2 saturated heterocycles. The Morgan fingerprint density at radius 1 is 1.00 bits per heavy atom. The number of thiocarbonyl (C=S) groups is 1. The van der Waals surface area contributed by atoms with Gasteiger partial charge in [-0.2, -0.15) is 0 Å². The lowest BCUT2D eigenvalue weighted by Crippen LogP contribution is -2.36. The van der Waals surface area contributed by atoms with Gasteiger partial charge in [0.05, 0.1) is 36.7 Å². The number of aryl methyl sites for hydroxylation is 1. The molecule has 4 aromatic rings. The number of nitrogens with zero attached hydrogens (tertiary/aromatic N) is 4. The monoisotopic (exact) mass is 559 g/mol. The third kappa shape index (κ3) is 4.73. The summed E-state index contributed by atoms with van der Waals surface area (Å²) in [4.78, 5) is 8.97. The number of morpholine rings is 1. The molecule has 9 heteroatoms. The molecule has 0 saturated carbocycles. The van der Waals surface area contributed by atoms with Crippen LogP contribution in [-0.4, -0.2) is 46.1 Å². The lowest BCUT2D eigenvalue weighted by atomic mass is 9.96. The molecule has 0 radical (unpaired) electrons. The second-order valence-corrected chi connectivity index (χ2v) is 10.7. The number of nitrogens with one attached hydrogen (secondary N) is 1. The number of anilines is 2. The summed E-state index contributed by atoms with van der Waals surface area (Å²) in [5, 5.41) is 15.4. The van der Waals surface area contributed by atoms with E-state index in [1.54, 1.807) is 24.4 Å². The van der Waals surface area contributed by atoms with Gasteiger partial charge in [0, 0.05) is 47.1 Å². The van der Waals surface area contributed by atoms with E-state index in [2.05, 4.69) is 63.9 Å². The van der Waals surface area contributed by atoms with E-state index in [1.807, 2.05) is 23.1 Å². The van der Waals surface area contributed by atoms with Crippen LogP contribution in [0.15, 0.2) is 72.9 Å². The number of hydrogen-bond donors (Lipinski definition) is 2. The van der Waals surface area contributed by atoms with Crippen LogP contribution in [0.1, 0.15) is 34.7 Å². The van der Waals surface area contributed by atoms with Gasteiger partial charge >= 0.3 is 0 Å². The molecule has 2 atom stereocenters. The highest BCUT2D eigenvalue weighted by Crippen LogP contribution is 2.46. The number of ether oxygens (including phenoxy) is 1. The van der Waals surface area contributed by atoms with Gasteiger partial charge in [-0.05, 0) is 92.3 Å². The van der Waals surface area contributed by atoms with E-state index in [4.69, 9.17) is 28.6 Å². The van der Waals surface area contributed by atoms with Gasteiger partial charge in [0.15, 0.2) is 5.11 Å². The van der Waals surface area contributed by atoms with Gasteiger partial charge < -0.3 is 29.5 Å². The molecular weight excluding hydrogens is 530 g/mol. The van der Waals surface area contributed by atoms with Crippen LogP contribution in [0.2, 0.25) is 5.02 Å². The maximum atomic E-state index is 10.9. The number of rotatable bonds is 5. The van der Waals surface area contributed by atoms with E-state index in [1.165, 1.54) is 5.69 Å². The van der Waals surface area contributed by atoms with Crippen molar-refractivity contribution in [3.05, 3.63) is 101 Å². The van der Waals surface area contributed by atoms with Gasteiger partial charge in [0.2, 0.25) is 0 Å². The average molecular weight is 560 g/mol. The Kier molecular flexibility index (Phi) is 6.93. The van der Waals surface area contributed by atoms with E-state index < -0.39 is 0 Å². The Bertz CT molecular complexity index is 1500. The van der Waals surface area contributed by atoms with Crippen molar-refractivity contribution >= 4 is 40.3 Å². The highest BCUT2D eigenvalue weighted by molar-refractivity contribution is 7.80. The summed E-state index contributed by atoms with van der Waals surface area (Å²) in [6.07, 6.45) is 1.79. The quantitative estimate of drug-likeness (QED) is 0.297. The maximum absolute atomic E-state index is 10.9. The Morgan fingerprint density at radius 2 is 1.74 bits per heavy atom. The first kappa shape index (κ1) is 25.7. The largest absolute Gasteiger partial charge is 0.506 e. The fourth-order valence-electron chi connectivity index (χ4n) is 5.74. The van der Waals surface area contributed by atoms with Crippen molar-refractivity contribution in [2.45, 2.75) is 25.9 Å². The lowest BCUT2D eigenvalue weighted by Gasteiger charge is -2.29. The van der Waals surface area contributed by atoms with Crippen molar-refractivity contribution in [2.75, 3.05) is 36.1 Å². The molecule has 2 N–H and O–H groups in total. The molecule has 0 amide bonds. The number of phenolic OH excluding ortho intramolecular Hbond substituents is 1. The summed E-state index contributed by atoms with van der Waals surface area (Å²) in [6, 6.07) is 21.3. The van der Waals surface area contributed by atoms with Crippen LogP contribution in [0.3, 0.4) is 0 Å². The van der Waals surface area contributed by atoms with E-state index in [0.717, 1.165) is 54.6 Å². The predicted molar refractivity (Wildman–Crippen MR) is 159 cm³/mol. The molecule has 7 nitrogen and oxygen atoms in total. The fraction of sp³-hybridized carbons (Fsp3) is 0.267. The third-order valence-electron chi connectivity index (χ3n) is 7.57. The summed E-state index contributed by atoms with van der Waals surface area (Å²) in [6.45, 7) is 7.57. The average Bonchev–Trinajstić information content (AvgIpc) is 3.45. The standard InChI is InChI=1S/C30H30ClN5O2S/c1-19-17-24(20(2)35(19)23-9-7-22(8-10-23)34-13-15-38-16-14-34)29-28(25-5-3-4-12-32-25)33-30(39)36(29)26-18-21(31)6-11-27(26)37/h3-12,17-18,28-29,37H,13-16H2,1-2H3,(H,33,39)/t28-,29+/m0/s1. The topological polar surface area (TPSA) is 65.8 Å². The molecule has 6 rings (SSSR count). The summed E-state index contributed by atoms with van der Waals surface area (Å²) >= 11 is 12.2. The molecule has 200 valence electrons. The highest BCUT2D eigenvalue weighted by atomic mass is 35.5. The number of hydrogen-bond acceptors (Lipinski definition) is 5. The van der Waals surface area contributed by atoms with E-state index in [9.17, 15) is 5.11 Å². The zero-order chi connectivity index (χ0) is 27.1. The first-order valence-electron chi connectivity index (χ1n) is 13.0. The van der Waals surface area contributed by atoms with Gasteiger partial charge in [-0.25, -0.2) is 0 Å². The van der Waals surface area contributed by atoms with Gasteiger partial charge in [-0.1, -0.05) is 17.7 Å². The number of benzene rings is 2. The van der Waals surface area contributed by atoms with Crippen LogP contribution in [0, 0.1) is 13.8 Å². The van der Waals surface area contributed by atoms with Crippen LogP contribution in [0.25, 0.3) is 5.69 Å². The van der Waals surface area contributed by atoms with Crippen LogP contribution >= 0.6 is 23.8 Å². The zero-order valence-electron chi connectivity index (χ0n) is 21.8. The minimum Gasteiger partial charge on any atom is -0.506 e. The molecule has 2 aliphatic rings. The van der Waals surface area contributed by atoms with Crippen LogP contribution in [0.5, 0.6) is 5.75 Å². The molecule has 2 fully saturated rings. The van der Waals surface area contributed by atoms with Crippen LogP contribution in [-0.2, 0) is 4.74 Å². The third-order valence-corrected chi connectivity index (χ3v) is 8.12. The van der Waals surface area contributed by atoms with Crippen molar-refractivity contribution < 1.29 is 9.84 Å². The minimum atomic E-state index is -0.260. The number of halogens is 1. The molecule has 2 aliphatic heterocycles. The number of aromatic hydroxyl groups is 1. The van der Waals surface area contributed by atoms with E-state index >= 15 is 0 Å². The van der Waals surface area contributed by atoms with Crippen molar-refractivity contribution in [3.63, 3.8) is 0 Å². The molecule has 0 spiro atoms. The Morgan fingerprint density at radius 3 is 2.46 bits per heavy atom. The van der Waals surface area contributed by atoms with Crippen molar-refractivity contribution in [1.82, 2.24) is 14.9 Å². The fourth-order valence-corrected chi connectivity index (χ4v) is 6.24. The van der Waals surface area contributed by atoms with Crippen LogP contribution in [0.4, 0.5) is 11.4 Å². The molecule has 0 bridgehead atoms. The smallest absolute Gasteiger partial charge is 0.174 e. The van der Waals surface area contributed by atoms with Gasteiger partial charge in [0.25, 0.3) is 0 Å². The molecule has 0 aliphatic carbocycles. The highest BCUT2D eigenvalue weighted by Gasteiger charge is 2.43. The summed E-state index contributed by atoms with van der Waals surface area (Å²) < 4.78 is 7.78. The van der Waals surface area contributed by atoms with Crippen molar-refractivity contribution in [1.29, 1.82) is 0 Å². The molecule has 39 heavy (non-hydrogen) atoms. The van der Waals surface area contributed by atoms with Gasteiger partial charge in [-0.15, -0.1) is 0 Å². The van der Waals surface area contributed by atoms with Gasteiger partial charge in [-0.3, -0.25) is 4.98 Å². The van der Waals surface area contributed by atoms with Crippen LogP contribution < -0.4 is 15.1 Å². The maximum Gasteiger partial charge on any atom is 0.174 e. The SMILES string of the molecule is Cc1cc([C@@H]2[C@H](c3ccccn3)NC(=S)N2c2cc(Cl)ccc2O)c(C)n1-c1ccc(N2CCOCC2)cc1. The molecule has 2 aromatic carbocycles. The number of aromatic nitrogens is 2. The molecule has 2 aromatic heterocycles. The number of phenols is 1. The van der Waals surface area contributed by atoms with Gasteiger partial charge in [0.1, 0.15) is 5.75 Å². The summed E-state index contributed by atoms with van der Waals surface area (Å²) in [5.41, 5.74) is 7.01. The summed E-state index contributed by atoms with van der Waals surface area (Å²) in [5.74, 6) is 0.114. The van der Waals surface area contributed by atoms with Crippen molar-refractivity contribution in [3.8, 4) is 11.4 Å². The number of pyridine rings is 1. The second-order valence-electron chi connectivity index (χ2n) is 9.91. The first-order chi connectivity index (χ1) is 18.9. The zero-order valence-corrected chi connectivity index (χ0v) is 23.4. The van der Waals surface area contributed by atoms with E-state index in [0.29, 0.717) is 15.8 Å². The van der Waals surface area contributed by atoms with Crippen molar-refractivity contribution in [2.24, 2.45) is 0 Å². The Hall–Kier alpha value is -3.59. The normalized spacial score (nSPS) is 19.4. The minimum absolute atomic E-state index is 0.114. The Labute approximate surface area is 238 Å². The summed E-state index contributed by atoms with van der Waals surface area (Å²) in [7, 11) is 0.